The molecule has 0 spiro atoms. The molecule has 0 unspecified atom stereocenters. The lowest BCUT2D eigenvalue weighted by molar-refractivity contribution is 0.0610. The molecule has 4 N–H and O–H groups in total. The van der Waals surface area contributed by atoms with Crippen LogP contribution in [0.4, 0.5) is 5.95 Å². The Morgan fingerprint density at radius 3 is 2.74 bits per heavy atom. The SMILES string of the molecule is Nc1nccc(-n2c(C(=O)NC3CC3)cc3ccc(C#CC4(O)CCCCC4)cc32)n1. The number of nitrogens with one attached hydrogen (secondary N) is 1. The van der Waals surface area contributed by atoms with E-state index < -0.39 is 5.60 Å². The van der Waals surface area contributed by atoms with Crippen LogP contribution >= 0.6 is 0 Å². The highest BCUT2D eigenvalue weighted by molar-refractivity contribution is 6.00. The summed E-state index contributed by atoms with van der Waals surface area (Å²) in [6.45, 7) is 0. The number of rotatable bonds is 3. The second kappa shape index (κ2) is 7.71. The van der Waals surface area contributed by atoms with Gasteiger partial charge in [-0.2, -0.15) is 4.98 Å². The minimum absolute atomic E-state index is 0.139. The van der Waals surface area contributed by atoms with E-state index in [1.54, 1.807) is 16.8 Å². The average Bonchev–Trinajstić information content (AvgIpc) is 3.49. The van der Waals surface area contributed by atoms with E-state index in [-0.39, 0.29) is 17.9 Å². The fourth-order valence-electron chi connectivity index (χ4n) is 4.12. The minimum atomic E-state index is -0.911. The van der Waals surface area contributed by atoms with Gasteiger partial charge in [0.05, 0.1) is 5.52 Å². The van der Waals surface area contributed by atoms with Crippen LogP contribution in [0.3, 0.4) is 0 Å². The third-order valence-corrected chi connectivity index (χ3v) is 5.96. The van der Waals surface area contributed by atoms with E-state index >= 15 is 0 Å². The summed E-state index contributed by atoms with van der Waals surface area (Å²) in [7, 11) is 0. The first-order valence-corrected chi connectivity index (χ1v) is 10.8. The van der Waals surface area contributed by atoms with Gasteiger partial charge in [0.2, 0.25) is 5.95 Å². The Hall–Kier alpha value is -3.37. The molecule has 7 nitrogen and oxygen atoms in total. The highest BCUT2D eigenvalue weighted by Crippen LogP contribution is 2.29. The van der Waals surface area contributed by atoms with Crippen molar-refractivity contribution in [3.63, 3.8) is 0 Å². The molecule has 31 heavy (non-hydrogen) atoms. The standard InChI is InChI=1S/C24H25N5O2/c25-23-26-13-9-21(28-23)29-19-14-16(8-12-24(31)10-2-1-3-11-24)4-5-17(19)15-20(29)22(30)27-18-6-7-18/h4-5,9,13-15,18,31H,1-3,6-7,10-11H2,(H,27,30)(H2,25,26,28). The zero-order valence-electron chi connectivity index (χ0n) is 17.3. The van der Waals surface area contributed by atoms with Crippen LogP contribution in [-0.2, 0) is 0 Å². The van der Waals surface area contributed by atoms with E-state index in [0.717, 1.165) is 48.6 Å². The fraction of sp³-hybridized carbons (Fsp3) is 0.375. The van der Waals surface area contributed by atoms with E-state index in [2.05, 4.69) is 27.1 Å². The van der Waals surface area contributed by atoms with Gasteiger partial charge in [0, 0.05) is 23.2 Å². The maximum Gasteiger partial charge on any atom is 0.268 e. The van der Waals surface area contributed by atoms with Crippen LogP contribution in [0.5, 0.6) is 0 Å². The lowest BCUT2D eigenvalue weighted by Crippen LogP contribution is -2.29. The van der Waals surface area contributed by atoms with Crippen molar-refractivity contribution < 1.29 is 9.90 Å². The molecular weight excluding hydrogens is 390 g/mol. The van der Waals surface area contributed by atoms with Gasteiger partial charge in [-0.1, -0.05) is 24.3 Å². The molecule has 0 bridgehead atoms. The Balaban J connectivity index is 1.59. The van der Waals surface area contributed by atoms with Crippen molar-refractivity contribution in [2.24, 2.45) is 0 Å². The summed E-state index contributed by atoms with van der Waals surface area (Å²) in [5.74, 6) is 6.76. The van der Waals surface area contributed by atoms with Crippen LogP contribution in [0.25, 0.3) is 16.7 Å². The Morgan fingerprint density at radius 1 is 1.19 bits per heavy atom. The predicted octanol–water partition coefficient (Wildman–Crippen LogP) is 2.94. The van der Waals surface area contributed by atoms with Crippen molar-refractivity contribution in [3.8, 4) is 17.7 Å². The van der Waals surface area contributed by atoms with Gasteiger partial charge in [-0.3, -0.25) is 9.36 Å². The van der Waals surface area contributed by atoms with Gasteiger partial charge in [0.25, 0.3) is 5.91 Å². The maximum atomic E-state index is 12.9. The van der Waals surface area contributed by atoms with Crippen molar-refractivity contribution in [3.05, 3.63) is 47.8 Å². The van der Waals surface area contributed by atoms with Crippen LogP contribution in [0.2, 0.25) is 0 Å². The number of carbonyl (C=O) groups excluding carboxylic acids is 1. The number of hydrogen-bond acceptors (Lipinski definition) is 5. The Kier molecular flexibility index (Phi) is 4.87. The number of nitrogens with zero attached hydrogens (tertiary/aromatic N) is 3. The number of hydrogen-bond donors (Lipinski definition) is 3. The summed E-state index contributed by atoms with van der Waals surface area (Å²) in [5.41, 5.74) is 6.99. The molecule has 158 valence electrons. The van der Waals surface area contributed by atoms with Gasteiger partial charge in [0.15, 0.2) is 0 Å². The summed E-state index contributed by atoms with van der Waals surface area (Å²) in [5, 5.41) is 14.7. The van der Waals surface area contributed by atoms with Crippen LogP contribution in [0, 0.1) is 11.8 Å². The Labute approximate surface area is 180 Å². The highest BCUT2D eigenvalue weighted by atomic mass is 16.3. The molecule has 1 amide bonds. The molecule has 0 saturated heterocycles. The number of nitrogen functional groups attached to an aromatic ring is 1. The number of carbonyl (C=O) groups is 1. The van der Waals surface area contributed by atoms with Gasteiger partial charge in [0.1, 0.15) is 17.1 Å². The second-order valence-electron chi connectivity index (χ2n) is 8.50. The van der Waals surface area contributed by atoms with Crippen molar-refractivity contribution >= 4 is 22.8 Å². The van der Waals surface area contributed by atoms with Crippen LogP contribution in [0.15, 0.2) is 36.5 Å². The lowest BCUT2D eigenvalue weighted by Gasteiger charge is -2.26. The van der Waals surface area contributed by atoms with Crippen molar-refractivity contribution in [2.45, 2.75) is 56.6 Å². The van der Waals surface area contributed by atoms with Crippen LogP contribution in [-0.4, -0.2) is 37.2 Å². The number of benzene rings is 1. The highest BCUT2D eigenvalue weighted by Gasteiger charge is 2.27. The summed E-state index contributed by atoms with van der Waals surface area (Å²) >= 11 is 0. The monoisotopic (exact) mass is 415 g/mol. The lowest BCUT2D eigenvalue weighted by atomic mass is 9.85. The van der Waals surface area contributed by atoms with Gasteiger partial charge >= 0.3 is 0 Å². The summed E-state index contributed by atoms with van der Waals surface area (Å²) < 4.78 is 1.80. The van der Waals surface area contributed by atoms with E-state index in [1.165, 1.54) is 0 Å². The third-order valence-electron chi connectivity index (χ3n) is 5.96. The zero-order valence-corrected chi connectivity index (χ0v) is 17.3. The Morgan fingerprint density at radius 2 is 2.00 bits per heavy atom. The second-order valence-corrected chi connectivity index (χ2v) is 8.50. The van der Waals surface area contributed by atoms with E-state index in [0.29, 0.717) is 24.4 Å². The summed E-state index contributed by atoms with van der Waals surface area (Å²) in [4.78, 5) is 21.2. The molecule has 2 fully saturated rings. The number of amides is 1. The van der Waals surface area contributed by atoms with Crippen LogP contribution in [0.1, 0.15) is 61.0 Å². The number of anilines is 1. The molecule has 1 aromatic carbocycles. The fourth-order valence-corrected chi connectivity index (χ4v) is 4.12. The largest absolute Gasteiger partial charge is 0.378 e. The molecule has 0 radical (unpaired) electrons. The smallest absolute Gasteiger partial charge is 0.268 e. The number of fused-ring (bicyclic) bond motifs is 1. The molecular formula is C24H25N5O2. The van der Waals surface area contributed by atoms with Gasteiger partial charge in [-0.05, 0) is 62.8 Å². The molecule has 7 heteroatoms. The van der Waals surface area contributed by atoms with Crippen LogP contribution < -0.4 is 11.1 Å². The Bertz CT molecular complexity index is 1210. The first kappa shape index (κ1) is 19.6. The summed E-state index contributed by atoms with van der Waals surface area (Å²) in [6.07, 6.45) is 8.17. The zero-order chi connectivity index (χ0) is 21.4. The number of aliphatic hydroxyl groups is 1. The summed E-state index contributed by atoms with van der Waals surface area (Å²) in [6, 6.07) is 9.62. The topological polar surface area (TPSA) is 106 Å². The molecule has 0 aliphatic heterocycles. The average molecular weight is 415 g/mol. The predicted molar refractivity (Wildman–Crippen MR) is 119 cm³/mol. The first-order chi connectivity index (χ1) is 15.0. The first-order valence-electron chi connectivity index (χ1n) is 10.8. The van der Waals surface area contributed by atoms with Gasteiger partial charge < -0.3 is 16.2 Å². The third kappa shape index (κ3) is 4.12. The minimum Gasteiger partial charge on any atom is -0.378 e. The molecule has 2 heterocycles. The van der Waals surface area contributed by atoms with Gasteiger partial charge in [-0.15, -0.1) is 0 Å². The molecule has 2 aliphatic rings. The molecule has 2 aromatic heterocycles. The number of aromatic nitrogens is 3. The molecule has 3 aromatic rings. The molecule has 0 atom stereocenters. The van der Waals surface area contributed by atoms with Crippen molar-refractivity contribution in [2.75, 3.05) is 5.73 Å². The molecule has 5 rings (SSSR count). The van der Waals surface area contributed by atoms with Gasteiger partial charge in [-0.25, -0.2) is 4.98 Å². The normalized spacial score (nSPS) is 17.7. The van der Waals surface area contributed by atoms with E-state index in [1.807, 2.05) is 24.3 Å². The van der Waals surface area contributed by atoms with E-state index in [4.69, 9.17) is 5.73 Å². The number of nitrogens with two attached hydrogens (primary N) is 1. The van der Waals surface area contributed by atoms with E-state index in [9.17, 15) is 9.90 Å². The maximum absolute atomic E-state index is 12.9. The molecule has 2 aliphatic carbocycles. The quantitative estimate of drug-likeness (QED) is 0.570. The van der Waals surface area contributed by atoms with Crippen molar-refractivity contribution in [1.82, 2.24) is 19.9 Å². The van der Waals surface area contributed by atoms with Crippen molar-refractivity contribution in [1.29, 1.82) is 0 Å². The molecule has 2 saturated carbocycles.